The molecule has 3 aliphatic heterocycles. The Kier molecular flexibility index (Phi) is 3.68. The minimum Gasteiger partial charge on any atom is -0.357 e. The number of nitrogens with one attached hydrogen (secondary N) is 1. The highest BCUT2D eigenvalue weighted by molar-refractivity contribution is 5.95. The number of hydrogen-bond donors (Lipinski definition) is 1. The standard InChI is InChI=1S/C17H23N5O3/c1-10(2)12-9-25-17-4-5-21(13(17)6-14(23)22(12)17)15(24)11-7-19-16(18-3)20-8-11/h7-8,10,12-13H,4-6,9H2,1-3H3,(H,18,19,20)/t12-,13+,17-/m0/s1. The van der Waals surface area contributed by atoms with Gasteiger partial charge in [0.15, 0.2) is 5.72 Å². The molecule has 1 aromatic rings. The Morgan fingerprint density at radius 2 is 2.12 bits per heavy atom. The van der Waals surface area contributed by atoms with E-state index in [0.717, 1.165) is 0 Å². The van der Waals surface area contributed by atoms with Crippen LogP contribution in [0.15, 0.2) is 12.4 Å². The number of hydrogen-bond acceptors (Lipinski definition) is 6. The van der Waals surface area contributed by atoms with Crippen LogP contribution in [-0.2, 0) is 9.53 Å². The van der Waals surface area contributed by atoms with E-state index in [1.807, 2.05) is 4.90 Å². The molecule has 1 spiro atoms. The third-order valence-corrected chi connectivity index (χ3v) is 5.64. The van der Waals surface area contributed by atoms with Crippen molar-refractivity contribution in [3.05, 3.63) is 18.0 Å². The van der Waals surface area contributed by atoms with Crippen LogP contribution < -0.4 is 5.32 Å². The van der Waals surface area contributed by atoms with Gasteiger partial charge in [0.1, 0.15) is 0 Å². The Labute approximate surface area is 146 Å². The summed E-state index contributed by atoms with van der Waals surface area (Å²) >= 11 is 0. The predicted molar refractivity (Wildman–Crippen MR) is 89.8 cm³/mol. The summed E-state index contributed by atoms with van der Waals surface area (Å²) in [7, 11) is 1.72. The second kappa shape index (κ2) is 5.66. The number of anilines is 1. The number of nitrogens with zero attached hydrogens (tertiary/aromatic N) is 4. The molecule has 0 aromatic carbocycles. The molecule has 8 nitrogen and oxygen atoms in total. The topological polar surface area (TPSA) is 87.7 Å². The fourth-order valence-electron chi connectivity index (χ4n) is 4.35. The third-order valence-electron chi connectivity index (χ3n) is 5.64. The summed E-state index contributed by atoms with van der Waals surface area (Å²) in [6, 6.07) is -0.147. The Morgan fingerprint density at radius 1 is 1.40 bits per heavy atom. The van der Waals surface area contributed by atoms with Gasteiger partial charge in [0.2, 0.25) is 11.9 Å². The molecule has 4 rings (SSSR count). The largest absolute Gasteiger partial charge is 0.357 e. The van der Waals surface area contributed by atoms with Crippen molar-refractivity contribution in [1.29, 1.82) is 0 Å². The van der Waals surface area contributed by atoms with Crippen molar-refractivity contribution in [3.8, 4) is 0 Å². The van der Waals surface area contributed by atoms with Gasteiger partial charge >= 0.3 is 0 Å². The fraction of sp³-hybridized carbons (Fsp3) is 0.647. The van der Waals surface area contributed by atoms with Crippen LogP contribution in [0.5, 0.6) is 0 Å². The number of ether oxygens (including phenoxy) is 1. The van der Waals surface area contributed by atoms with Gasteiger partial charge < -0.3 is 19.9 Å². The molecule has 4 heterocycles. The van der Waals surface area contributed by atoms with Gasteiger partial charge in [-0.1, -0.05) is 13.8 Å². The maximum absolute atomic E-state index is 12.9. The van der Waals surface area contributed by atoms with Gasteiger partial charge in [-0.15, -0.1) is 0 Å². The third kappa shape index (κ3) is 2.23. The number of amides is 2. The number of aromatic nitrogens is 2. The van der Waals surface area contributed by atoms with Crippen LogP contribution in [0.3, 0.4) is 0 Å². The molecule has 1 aromatic heterocycles. The van der Waals surface area contributed by atoms with Gasteiger partial charge in [-0.05, 0) is 5.92 Å². The highest BCUT2D eigenvalue weighted by atomic mass is 16.5. The fourth-order valence-corrected chi connectivity index (χ4v) is 4.35. The number of likely N-dealkylation sites (tertiary alicyclic amines) is 1. The molecule has 3 atom stereocenters. The molecule has 1 N–H and O–H groups in total. The summed E-state index contributed by atoms with van der Waals surface area (Å²) in [6.07, 6.45) is 4.03. The lowest BCUT2D eigenvalue weighted by Gasteiger charge is -2.34. The first-order valence-electron chi connectivity index (χ1n) is 8.75. The van der Waals surface area contributed by atoms with Gasteiger partial charge in [0.05, 0.1) is 30.7 Å². The molecule has 3 aliphatic rings. The van der Waals surface area contributed by atoms with E-state index in [9.17, 15) is 9.59 Å². The van der Waals surface area contributed by atoms with Gasteiger partial charge in [0, 0.05) is 32.4 Å². The Morgan fingerprint density at radius 3 is 2.76 bits per heavy atom. The summed E-state index contributed by atoms with van der Waals surface area (Å²) < 4.78 is 6.16. The summed E-state index contributed by atoms with van der Waals surface area (Å²) in [5.74, 6) is 0.737. The van der Waals surface area contributed by atoms with Crippen molar-refractivity contribution >= 4 is 17.8 Å². The second-order valence-corrected chi connectivity index (χ2v) is 7.24. The number of carbonyl (C=O) groups is 2. The zero-order valence-electron chi connectivity index (χ0n) is 14.7. The molecular formula is C17H23N5O3. The van der Waals surface area contributed by atoms with Gasteiger partial charge in [0.25, 0.3) is 5.91 Å². The van der Waals surface area contributed by atoms with E-state index < -0.39 is 5.72 Å². The normalized spacial score (nSPS) is 30.8. The number of rotatable bonds is 3. The Hall–Kier alpha value is -2.22. The average molecular weight is 345 g/mol. The van der Waals surface area contributed by atoms with Crippen LogP contribution in [-0.4, -0.2) is 69.6 Å². The first-order valence-corrected chi connectivity index (χ1v) is 8.75. The zero-order valence-corrected chi connectivity index (χ0v) is 14.7. The molecule has 0 unspecified atom stereocenters. The molecule has 0 radical (unpaired) electrons. The number of carbonyl (C=O) groups excluding carboxylic acids is 2. The van der Waals surface area contributed by atoms with Crippen molar-refractivity contribution < 1.29 is 14.3 Å². The zero-order chi connectivity index (χ0) is 17.8. The van der Waals surface area contributed by atoms with E-state index in [0.29, 0.717) is 43.4 Å². The van der Waals surface area contributed by atoms with Crippen molar-refractivity contribution in [2.24, 2.45) is 5.92 Å². The van der Waals surface area contributed by atoms with Crippen molar-refractivity contribution in [2.75, 3.05) is 25.5 Å². The van der Waals surface area contributed by atoms with E-state index in [1.165, 1.54) is 12.4 Å². The smallest absolute Gasteiger partial charge is 0.257 e. The van der Waals surface area contributed by atoms with Crippen molar-refractivity contribution in [1.82, 2.24) is 19.8 Å². The van der Waals surface area contributed by atoms with Crippen LogP contribution >= 0.6 is 0 Å². The van der Waals surface area contributed by atoms with Crippen LogP contribution in [0.4, 0.5) is 5.95 Å². The first kappa shape index (κ1) is 16.3. The summed E-state index contributed by atoms with van der Waals surface area (Å²) in [5, 5.41) is 2.83. The summed E-state index contributed by atoms with van der Waals surface area (Å²) in [6.45, 7) is 5.33. The lowest BCUT2D eigenvalue weighted by atomic mass is 10.0. The van der Waals surface area contributed by atoms with Crippen molar-refractivity contribution in [2.45, 2.75) is 44.5 Å². The quantitative estimate of drug-likeness (QED) is 0.868. The van der Waals surface area contributed by atoms with Crippen LogP contribution in [0, 0.1) is 5.92 Å². The van der Waals surface area contributed by atoms with E-state index >= 15 is 0 Å². The van der Waals surface area contributed by atoms with Gasteiger partial charge in [-0.2, -0.15) is 0 Å². The Bertz CT molecular complexity index is 707. The highest BCUT2D eigenvalue weighted by Crippen LogP contribution is 2.49. The minimum atomic E-state index is -0.645. The van der Waals surface area contributed by atoms with Crippen LogP contribution in [0.2, 0.25) is 0 Å². The van der Waals surface area contributed by atoms with E-state index in [1.54, 1.807) is 11.9 Å². The van der Waals surface area contributed by atoms with Crippen molar-refractivity contribution in [3.63, 3.8) is 0 Å². The maximum Gasteiger partial charge on any atom is 0.257 e. The summed E-state index contributed by atoms with van der Waals surface area (Å²) in [5.41, 5.74) is -0.215. The van der Waals surface area contributed by atoms with Gasteiger partial charge in [-0.3, -0.25) is 9.59 Å². The first-order chi connectivity index (χ1) is 12.0. The van der Waals surface area contributed by atoms with E-state index in [2.05, 4.69) is 29.1 Å². The predicted octanol–water partition coefficient (Wildman–Crippen LogP) is 0.716. The minimum absolute atomic E-state index is 0.0838. The average Bonchev–Trinajstić information content (AvgIpc) is 3.23. The van der Waals surface area contributed by atoms with Gasteiger partial charge in [-0.25, -0.2) is 9.97 Å². The van der Waals surface area contributed by atoms with E-state index in [4.69, 9.17) is 4.74 Å². The molecule has 25 heavy (non-hydrogen) atoms. The second-order valence-electron chi connectivity index (χ2n) is 7.24. The molecular weight excluding hydrogens is 322 g/mol. The Balaban J connectivity index is 1.60. The van der Waals surface area contributed by atoms with E-state index in [-0.39, 0.29) is 23.9 Å². The molecule has 8 heteroatoms. The molecule has 3 fully saturated rings. The molecule has 0 saturated carbocycles. The molecule has 0 aliphatic carbocycles. The maximum atomic E-state index is 12.9. The molecule has 0 bridgehead atoms. The monoisotopic (exact) mass is 345 g/mol. The molecule has 2 amide bonds. The molecule has 134 valence electrons. The lowest BCUT2D eigenvalue weighted by molar-refractivity contribution is -0.139. The van der Waals surface area contributed by atoms with Crippen LogP contribution in [0.1, 0.15) is 37.0 Å². The lowest BCUT2D eigenvalue weighted by Crippen LogP contribution is -2.51. The van der Waals surface area contributed by atoms with Crippen LogP contribution in [0.25, 0.3) is 0 Å². The SMILES string of the molecule is CNc1ncc(C(=O)N2CC[C@@]34OC[C@@H](C(C)C)N3C(=O)C[C@@H]24)cn1. The molecule has 3 saturated heterocycles. The summed E-state index contributed by atoms with van der Waals surface area (Å²) in [4.78, 5) is 37.5. The highest BCUT2D eigenvalue weighted by Gasteiger charge is 2.65.